The molecular formula is C12H7Cl3FNO. The van der Waals surface area contributed by atoms with Crippen LogP contribution in [0.2, 0.25) is 15.1 Å². The minimum absolute atomic E-state index is 0.0342. The molecule has 0 fully saturated rings. The zero-order valence-electron chi connectivity index (χ0n) is 9.18. The van der Waals surface area contributed by atoms with Crippen LogP contribution >= 0.6 is 34.8 Å². The van der Waals surface area contributed by atoms with Crippen LogP contribution in [-0.2, 0) is 0 Å². The zero-order chi connectivity index (χ0) is 13.3. The minimum atomic E-state index is -0.697. The molecule has 0 N–H and O–H groups in total. The number of aromatic nitrogens is 1. The van der Waals surface area contributed by atoms with Crippen LogP contribution in [0.25, 0.3) is 11.1 Å². The van der Waals surface area contributed by atoms with Gasteiger partial charge < -0.3 is 4.74 Å². The Bertz CT molecular complexity index is 581. The van der Waals surface area contributed by atoms with Crippen molar-refractivity contribution in [3.05, 3.63) is 45.4 Å². The summed E-state index contributed by atoms with van der Waals surface area (Å²) in [5.41, 5.74) is 1.11. The molecular weight excluding hydrogens is 299 g/mol. The molecule has 18 heavy (non-hydrogen) atoms. The van der Waals surface area contributed by atoms with Gasteiger partial charge >= 0.3 is 0 Å². The van der Waals surface area contributed by atoms with Crippen LogP contribution in [0.15, 0.2) is 24.4 Å². The summed E-state index contributed by atoms with van der Waals surface area (Å²) in [7, 11) is 1.36. The van der Waals surface area contributed by atoms with Crippen molar-refractivity contribution in [3.63, 3.8) is 0 Å². The molecule has 1 aromatic carbocycles. The van der Waals surface area contributed by atoms with Gasteiger partial charge in [-0.05, 0) is 23.8 Å². The van der Waals surface area contributed by atoms with Gasteiger partial charge in [-0.2, -0.15) is 4.39 Å². The van der Waals surface area contributed by atoms with E-state index in [9.17, 15) is 4.39 Å². The quantitative estimate of drug-likeness (QED) is 0.584. The summed E-state index contributed by atoms with van der Waals surface area (Å²) >= 11 is 17.7. The van der Waals surface area contributed by atoms with Crippen molar-refractivity contribution in [1.82, 2.24) is 4.98 Å². The lowest BCUT2D eigenvalue weighted by Crippen LogP contribution is -1.94. The third kappa shape index (κ3) is 2.39. The van der Waals surface area contributed by atoms with E-state index in [1.807, 2.05) is 0 Å². The van der Waals surface area contributed by atoms with E-state index in [0.29, 0.717) is 21.2 Å². The van der Waals surface area contributed by atoms with Gasteiger partial charge in [0, 0.05) is 11.8 Å². The first-order valence-electron chi connectivity index (χ1n) is 4.88. The van der Waals surface area contributed by atoms with Crippen molar-refractivity contribution in [2.45, 2.75) is 0 Å². The Hall–Kier alpha value is -1.03. The van der Waals surface area contributed by atoms with Crippen molar-refractivity contribution in [2.24, 2.45) is 0 Å². The Balaban J connectivity index is 2.66. The van der Waals surface area contributed by atoms with E-state index in [4.69, 9.17) is 39.5 Å². The summed E-state index contributed by atoms with van der Waals surface area (Å²) in [6.07, 6.45) is 1.34. The standard InChI is InChI=1S/C12H7Cl3FNO/c1-18-11-7(2-3-17-12(11)16)6-4-8(13)10(15)9(14)5-6/h2-5H,1H3. The van der Waals surface area contributed by atoms with E-state index in [0.717, 1.165) is 0 Å². The molecule has 1 heterocycles. The van der Waals surface area contributed by atoms with E-state index < -0.39 is 5.95 Å². The summed E-state index contributed by atoms with van der Waals surface area (Å²) in [6, 6.07) is 4.79. The predicted octanol–water partition coefficient (Wildman–Crippen LogP) is 4.86. The van der Waals surface area contributed by atoms with Gasteiger partial charge in [0.1, 0.15) is 0 Å². The largest absolute Gasteiger partial charge is 0.491 e. The highest BCUT2D eigenvalue weighted by molar-refractivity contribution is 6.48. The molecule has 2 rings (SSSR count). The monoisotopic (exact) mass is 305 g/mol. The summed E-state index contributed by atoms with van der Waals surface area (Å²) in [6.45, 7) is 0. The molecule has 0 radical (unpaired) electrons. The average Bonchev–Trinajstić information content (AvgIpc) is 2.35. The molecule has 1 aromatic heterocycles. The molecule has 0 unspecified atom stereocenters. The molecule has 0 saturated carbocycles. The van der Waals surface area contributed by atoms with Crippen LogP contribution in [0.3, 0.4) is 0 Å². The van der Waals surface area contributed by atoms with Gasteiger partial charge in [0.05, 0.1) is 22.2 Å². The molecule has 0 amide bonds. The summed E-state index contributed by atoms with van der Waals surface area (Å²) in [5.74, 6) is -0.663. The number of pyridine rings is 1. The number of halogens is 4. The summed E-state index contributed by atoms with van der Waals surface area (Å²) in [4.78, 5) is 3.51. The highest BCUT2D eigenvalue weighted by Gasteiger charge is 2.14. The molecule has 0 atom stereocenters. The number of ether oxygens (including phenoxy) is 1. The Morgan fingerprint density at radius 1 is 1.17 bits per heavy atom. The second kappa shape index (κ2) is 5.31. The topological polar surface area (TPSA) is 22.1 Å². The Kier molecular flexibility index (Phi) is 3.95. The predicted molar refractivity (Wildman–Crippen MR) is 71.2 cm³/mol. The molecule has 2 nitrogen and oxygen atoms in total. The Morgan fingerprint density at radius 3 is 2.33 bits per heavy atom. The van der Waals surface area contributed by atoms with E-state index in [1.165, 1.54) is 13.3 Å². The average molecular weight is 307 g/mol. The third-order valence-electron chi connectivity index (χ3n) is 2.36. The highest BCUT2D eigenvalue weighted by Crippen LogP contribution is 2.38. The molecule has 0 spiro atoms. The summed E-state index contributed by atoms with van der Waals surface area (Å²) in [5, 5.41) is 0.840. The number of methoxy groups -OCH3 is 1. The van der Waals surface area contributed by atoms with Crippen LogP contribution in [-0.4, -0.2) is 12.1 Å². The summed E-state index contributed by atoms with van der Waals surface area (Å²) < 4.78 is 18.5. The minimum Gasteiger partial charge on any atom is -0.491 e. The Labute approximate surface area is 118 Å². The fourth-order valence-corrected chi connectivity index (χ4v) is 2.15. The van der Waals surface area contributed by atoms with Crippen LogP contribution in [0.5, 0.6) is 5.75 Å². The van der Waals surface area contributed by atoms with Crippen LogP contribution < -0.4 is 4.74 Å². The second-order valence-electron chi connectivity index (χ2n) is 3.44. The SMILES string of the molecule is COc1c(-c2cc(Cl)c(Cl)c(Cl)c2)ccnc1F. The maximum atomic E-state index is 13.5. The molecule has 0 aliphatic rings. The van der Waals surface area contributed by atoms with Gasteiger partial charge in [0.25, 0.3) is 5.95 Å². The molecule has 0 bridgehead atoms. The number of hydrogen-bond acceptors (Lipinski definition) is 2. The first-order valence-corrected chi connectivity index (χ1v) is 6.01. The zero-order valence-corrected chi connectivity index (χ0v) is 11.4. The van der Waals surface area contributed by atoms with Crippen molar-refractivity contribution in [1.29, 1.82) is 0 Å². The first-order chi connectivity index (χ1) is 8.54. The third-order valence-corrected chi connectivity index (χ3v) is 3.56. The van der Waals surface area contributed by atoms with Gasteiger partial charge in [-0.1, -0.05) is 34.8 Å². The highest BCUT2D eigenvalue weighted by atomic mass is 35.5. The second-order valence-corrected chi connectivity index (χ2v) is 4.63. The van der Waals surface area contributed by atoms with E-state index in [-0.39, 0.29) is 10.8 Å². The normalized spacial score (nSPS) is 10.5. The number of hydrogen-bond donors (Lipinski definition) is 0. The number of benzene rings is 1. The fourth-order valence-electron chi connectivity index (χ4n) is 1.56. The van der Waals surface area contributed by atoms with E-state index in [1.54, 1.807) is 18.2 Å². The van der Waals surface area contributed by atoms with Gasteiger partial charge in [-0.3, -0.25) is 0 Å². The van der Waals surface area contributed by atoms with Crippen molar-refractivity contribution in [2.75, 3.05) is 7.11 Å². The smallest absolute Gasteiger partial charge is 0.255 e. The van der Waals surface area contributed by atoms with Crippen LogP contribution in [0.1, 0.15) is 0 Å². The molecule has 0 aliphatic carbocycles. The molecule has 2 aromatic rings. The number of rotatable bonds is 2. The van der Waals surface area contributed by atoms with Crippen LogP contribution in [0, 0.1) is 5.95 Å². The lowest BCUT2D eigenvalue weighted by molar-refractivity contribution is 0.379. The van der Waals surface area contributed by atoms with Gasteiger partial charge in [0.15, 0.2) is 5.75 Å². The van der Waals surface area contributed by atoms with Gasteiger partial charge in [-0.15, -0.1) is 0 Å². The van der Waals surface area contributed by atoms with E-state index in [2.05, 4.69) is 4.98 Å². The van der Waals surface area contributed by atoms with Crippen molar-refractivity contribution < 1.29 is 9.13 Å². The maximum Gasteiger partial charge on any atom is 0.255 e. The lowest BCUT2D eigenvalue weighted by Gasteiger charge is -2.10. The van der Waals surface area contributed by atoms with Gasteiger partial charge in [0.2, 0.25) is 0 Å². The molecule has 0 aliphatic heterocycles. The molecule has 0 saturated heterocycles. The number of nitrogens with zero attached hydrogens (tertiary/aromatic N) is 1. The van der Waals surface area contributed by atoms with Crippen molar-refractivity contribution >= 4 is 34.8 Å². The van der Waals surface area contributed by atoms with Gasteiger partial charge in [-0.25, -0.2) is 4.98 Å². The molecule has 94 valence electrons. The lowest BCUT2D eigenvalue weighted by atomic mass is 10.1. The molecule has 6 heteroatoms. The van der Waals surface area contributed by atoms with Crippen LogP contribution in [0.4, 0.5) is 4.39 Å². The van der Waals surface area contributed by atoms with E-state index >= 15 is 0 Å². The maximum absolute atomic E-state index is 13.5. The van der Waals surface area contributed by atoms with Crippen molar-refractivity contribution in [3.8, 4) is 16.9 Å². The first kappa shape index (κ1) is 13.4. The fraction of sp³-hybridized carbons (Fsp3) is 0.0833. The Morgan fingerprint density at radius 2 is 1.78 bits per heavy atom.